The molecular formula is C21H13Cl2F2N3O3S. The number of pyridine rings is 1. The van der Waals surface area contributed by atoms with Crippen molar-refractivity contribution in [1.29, 1.82) is 0 Å². The van der Waals surface area contributed by atoms with Crippen molar-refractivity contribution in [2.45, 2.75) is 0 Å². The Balaban J connectivity index is 1.90. The van der Waals surface area contributed by atoms with Crippen LogP contribution in [0.1, 0.15) is 10.4 Å². The topological polar surface area (TPSA) is 81.1 Å². The first-order valence-corrected chi connectivity index (χ1v) is 11.6. The Kier molecular flexibility index (Phi) is 5.66. The number of carbonyl (C=O) groups is 1. The molecule has 1 amide bonds. The number of rotatable bonds is 4. The first-order chi connectivity index (χ1) is 15.0. The zero-order valence-corrected chi connectivity index (χ0v) is 18.6. The van der Waals surface area contributed by atoms with Crippen LogP contribution in [0, 0.1) is 11.6 Å². The second-order valence-electron chi connectivity index (χ2n) is 6.90. The summed E-state index contributed by atoms with van der Waals surface area (Å²) in [7, 11) is -3.90. The summed E-state index contributed by atoms with van der Waals surface area (Å²) < 4.78 is 55.1. The van der Waals surface area contributed by atoms with Gasteiger partial charge in [-0.2, -0.15) is 0 Å². The minimum Gasteiger partial charge on any atom is -0.299 e. The molecule has 0 saturated heterocycles. The number of hydrogen-bond acceptors (Lipinski definition) is 4. The third kappa shape index (κ3) is 4.19. The smallest absolute Gasteiger partial charge is 0.267 e. The van der Waals surface area contributed by atoms with E-state index < -0.39 is 33.1 Å². The van der Waals surface area contributed by atoms with Crippen LogP contribution in [0.3, 0.4) is 0 Å². The number of aromatic nitrogens is 2. The lowest BCUT2D eigenvalue weighted by atomic mass is 10.1. The van der Waals surface area contributed by atoms with Gasteiger partial charge in [-0.05, 0) is 36.4 Å². The standard InChI is InChI=1S/C21H13Cl2F2N3O3S/c1-32(30,31)27-21(29)14-8-16(23)19(9-18(14)25)28-10-15(13-3-2-6-26-20(13)28)12-5-4-11(22)7-17(12)24/h2-10H,1H3,(H,27,29). The number of sulfonamides is 1. The lowest BCUT2D eigenvalue weighted by Gasteiger charge is -2.11. The van der Waals surface area contributed by atoms with E-state index in [9.17, 15) is 22.0 Å². The van der Waals surface area contributed by atoms with Gasteiger partial charge in [-0.3, -0.25) is 9.36 Å². The molecule has 32 heavy (non-hydrogen) atoms. The van der Waals surface area contributed by atoms with Crippen LogP contribution in [-0.2, 0) is 10.0 Å². The number of fused-ring (bicyclic) bond motifs is 1. The Morgan fingerprint density at radius 2 is 1.81 bits per heavy atom. The molecule has 0 radical (unpaired) electrons. The number of hydrogen-bond donors (Lipinski definition) is 1. The van der Waals surface area contributed by atoms with Crippen molar-refractivity contribution in [1.82, 2.24) is 14.3 Å². The van der Waals surface area contributed by atoms with Gasteiger partial charge < -0.3 is 0 Å². The van der Waals surface area contributed by atoms with E-state index in [1.807, 2.05) is 0 Å². The highest BCUT2D eigenvalue weighted by atomic mass is 35.5. The molecular weight excluding hydrogens is 483 g/mol. The Bertz CT molecular complexity index is 1500. The monoisotopic (exact) mass is 495 g/mol. The van der Waals surface area contributed by atoms with Crippen molar-refractivity contribution in [2.75, 3.05) is 6.26 Å². The fourth-order valence-electron chi connectivity index (χ4n) is 3.28. The summed E-state index contributed by atoms with van der Waals surface area (Å²) >= 11 is 12.2. The fourth-order valence-corrected chi connectivity index (χ4v) is 4.14. The second-order valence-corrected chi connectivity index (χ2v) is 9.49. The lowest BCUT2D eigenvalue weighted by Crippen LogP contribution is -2.30. The summed E-state index contributed by atoms with van der Waals surface area (Å²) in [6, 6.07) is 9.63. The van der Waals surface area contributed by atoms with Crippen molar-refractivity contribution in [2.24, 2.45) is 0 Å². The average Bonchev–Trinajstić information content (AvgIpc) is 3.07. The molecule has 0 aliphatic heterocycles. The van der Waals surface area contributed by atoms with Crippen LogP contribution in [0.25, 0.3) is 27.8 Å². The van der Waals surface area contributed by atoms with Crippen LogP contribution in [0.4, 0.5) is 8.78 Å². The molecule has 2 aromatic carbocycles. The highest BCUT2D eigenvalue weighted by Crippen LogP contribution is 2.36. The molecule has 4 rings (SSSR count). The normalized spacial score (nSPS) is 11.7. The summed E-state index contributed by atoms with van der Waals surface area (Å²) in [4.78, 5) is 16.4. The molecule has 0 bridgehead atoms. The molecule has 0 spiro atoms. The van der Waals surface area contributed by atoms with Gasteiger partial charge in [0.05, 0.1) is 22.5 Å². The molecule has 0 saturated carbocycles. The number of halogens is 4. The molecule has 0 fully saturated rings. The van der Waals surface area contributed by atoms with Gasteiger partial charge in [-0.15, -0.1) is 0 Å². The van der Waals surface area contributed by atoms with Gasteiger partial charge in [0.1, 0.15) is 17.3 Å². The van der Waals surface area contributed by atoms with Crippen molar-refractivity contribution in [3.63, 3.8) is 0 Å². The molecule has 11 heteroatoms. The summed E-state index contributed by atoms with van der Waals surface area (Å²) in [5.41, 5.74) is 0.679. The first kappa shape index (κ1) is 22.2. The maximum absolute atomic E-state index is 14.8. The van der Waals surface area contributed by atoms with E-state index in [-0.39, 0.29) is 21.3 Å². The predicted molar refractivity (Wildman–Crippen MR) is 119 cm³/mol. The first-order valence-electron chi connectivity index (χ1n) is 8.98. The van der Waals surface area contributed by atoms with Gasteiger partial charge in [-0.25, -0.2) is 26.9 Å². The fraction of sp³-hybridized carbons (Fsp3) is 0.0476. The van der Waals surface area contributed by atoms with Crippen molar-refractivity contribution >= 4 is 50.2 Å². The highest BCUT2D eigenvalue weighted by Gasteiger charge is 2.21. The maximum atomic E-state index is 14.8. The number of carbonyl (C=O) groups excluding carboxylic acids is 1. The lowest BCUT2D eigenvalue weighted by molar-refractivity contribution is 0.0978. The van der Waals surface area contributed by atoms with E-state index in [1.165, 1.54) is 22.9 Å². The van der Waals surface area contributed by atoms with E-state index in [0.29, 0.717) is 16.6 Å². The van der Waals surface area contributed by atoms with E-state index in [2.05, 4.69) is 4.98 Å². The van der Waals surface area contributed by atoms with E-state index in [0.717, 1.165) is 18.4 Å². The van der Waals surface area contributed by atoms with Crippen LogP contribution in [0.5, 0.6) is 0 Å². The number of nitrogens with one attached hydrogen (secondary N) is 1. The summed E-state index contributed by atoms with van der Waals surface area (Å²) in [5, 5.41) is 0.765. The minimum atomic E-state index is -3.90. The molecule has 4 aromatic rings. The third-order valence-electron chi connectivity index (χ3n) is 4.60. The van der Waals surface area contributed by atoms with Gasteiger partial charge in [0.2, 0.25) is 10.0 Å². The Hall–Kier alpha value is -3.01. The number of nitrogens with zero attached hydrogens (tertiary/aromatic N) is 2. The number of benzene rings is 2. The molecule has 0 aliphatic rings. The van der Waals surface area contributed by atoms with Crippen LogP contribution < -0.4 is 4.72 Å². The van der Waals surface area contributed by atoms with Crippen molar-refractivity contribution in [3.05, 3.63) is 82.1 Å². The van der Waals surface area contributed by atoms with Gasteiger partial charge in [0, 0.05) is 40.0 Å². The van der Waals surface area contributed by atoms with Crippen LogP contribution in [0.15, 0.2) is 54.9 Å². The van der Waals surface area contributed by atoms with Crippen LogP contribution >= 0.6 is 23.2 Å². The van der Waals surface area contributed by atoms with Crippen LogP contribution in [-0.4, -0.2) is 30.1 Å². The predicted octanol–water partition coefficient (Wildman–Crippen LogP) is 4.97. The zero-order valence-electron chi connectivity index (χ0n) is 16.2. The Labute approximate surface area is 191 Å². The molecule has 0 atom stereocenters. The van der Waals surface area contributed by atoms with E-state index in [1.54, 1.807) is 29.1 Å². The van der Waals surface area contributed by atoms with Gasteiger partial charge >= 0.3 is 0 Å². The molecule has 2 aromatic heterocycles. The highest BCUT2D eigenvalue weighted by molar-refractivity contribution is 7.89. The molecule has 0 unspecified atom stereocenters. The quantitative estimate of drug-likeness (QED) is 0.433. The van der Waals surface area contributed by atoms with Crippen LogP contribution in [0.2, 0.25) is 10.0 Å². The second kappa shape index (κ2) is 8.16. The SMILES string of the molecule is CS(=O)(=O)NC(=O)c1cc(Cl)c(-n2cc(-c3ccc(Cl)cc3F)c3cccnc32)cc1F. The molecule has 1 N–H and O–H groups in total. The summed E-state index contributed by atoms with van der Waals surface area (Å²) in [6.45, 7) is 0. The zero-order chi connectivity index (χ0) is 23.2. The minimum absolute atomic E-state index is 0.0456. The van der Waals surface area contributed by atoms with E-state index >= 15 is 0 Å². The Morgan fingerprint density at radius 3 is 2.50 bits per heavy atom. The number of amides is 1. The van der Waals surface area contributed by atoms with Gasteiger partial charge in [-0.1, -0.05) is 23.2 Å². The maximum Gasteiger partial charge on any atom is 0.267 e. The van der Waals surface area contributed by atoms with Crippen molar-refractivity contribution in [3.8, 4) is 16.8 Å². The molecule has 2 heterocycles. The van der Waals surface area contributed by atoms with Gasteiger partial charge in [0.15, 0.2) is 0 Å². The van der Waals surface area contributed by atoms with Gasteiger partial charge in [0.25, 0.3) is 5.91 Å². The third-order valence-corrected chi connectivity index (χ3v) is 5.70. The molecule has 6 nitrogen and oxygen atoms in total. The van der Waals surface area contributed by atoms with E-state index in [4.69, 9.17) is 23.2 Å². The summed E-state index contributed by atoms with van der Waals surface area (Å²) in [5.74, 6) is -2.70. The molecule has 0 aliphatic carbocycles. The Morgan fingerprint density at radius 1 is 1.06 bits per heavy atom. The van der Waals surface area contributed by atoms with Crippen molar-refractivity contribution < 1.29 is 22.0 Å². The average molecular weight is 496 g/mol. The molecule has 164 valence electrons. The largest absolute Gasteiger partial charge is 0.299 e. The summed E-state index contributed by atoms with van der Waals surface area (Å²) in [6.07, 6.45) is 3.83.